The summed E-state index contributed by atoms with van der Waals surface area (Å²) in [5, 5.41) is 7.64. The van der Waals surface area contributed by atoms with Gasteiger partial charge in [-0.3, -0.25) is 0 Å². The van der Waals surface area contributed by atoms with Gasteiger partial charge in [-0.25, -0.2) is 0 Å². The Morgan fingerprint density at radius 2 is 1.81 bits per heavy atom. The number of aryl methyl sites for hydroxylation is 1. The van der Waals surface area contributed by atoms with Gasteiger partial charge in [-0.1, -0.05) is 46.6 Å². The van der Waals surface area contributed by atoms with Gasteiger partial charge in [0.1, 0.15) is 0 Å². The molecule has 1 aromatic heterocycles. The quantitative estimate of drug-likeness (QED) is 0.508. The fraction of sp³-hybridized carbons (Fsp3) is 0.111. The predicted octanol–water partition coefficient (Wildman–Crippen LogP) is 3.71. The summed E-state index contributed by atoms with van der Waals surface area (Å²) in [6, 6.07) is 15.1. The number of aromatic nitrogens is 3. The van der Waals surface area contributed by atoms with E-state index in [2.05, 4.69) is 25.4 Å². The van der Waals surface area contributed by atoms with Crippen LogP contribution in [0.25, 0.3) is 0 Å². The van der Waals surface area contributed by atoms with E-state index in [9.17, 15) is 0 Å². The molecule has 0 atom stereocenters. The third-order valence-electron chi connectivity index (χ3n) is 3.35. The van der Waals surface area contributed by atoms with Crippen LogP contribution in [-0.4, -0.2) is 21.2 Å². The number of nitrogens with one attached hydrogen (secondary N) is 1. The minimum absolute atomic E-state index is 0.0688. The fourth-order valence-electron chi connectivity index (χ4n) is 2.07. The molecule has 132 valence electrons. The van der Waals surface area contributed by atoms with Gasteiger partial charge in [0, 0.05) is 10.7 Å². The lowest BCUT2D eigenvalue weighted by atomic mass is 10.2. The monoisotopic (exact) mass is 368 g/mol. The van der Waals surface area contributed by atoms with Crippen molar-refractivity contribution in [3.05, 3.63) is 70.5 Å². The van der Waals surface area contributed by atoms with Gasteiger partial charge in [0.2, 0.25) is 11.9 Å². The zero-order valence-corrected chi connectivity index (χ0v) is 14.8. The molecule has 0 aliphatic carbocycles. The molecule has 0 fully saturated rings. The topological polar surface area (TPSA) is 98.3 Å². The molecular formula is C18H17ClN6O. The Labute approximate surface area is 155 Å². The van der Waals surface area contributed by atoms with Gasteiger partial charge in [-0.2, -0.15) is 15.0 Å². The van der Waals surface area contributed by atoms with Crippen LogP contribution in [0.4, 0.5) is 17.6 Å². The highest BCUT2D eigenvalue weighted by Gasteiger charge is 2.05. The predicted molar refractivity (Wildman–Crippen MR) is 103 cm³/mol. The summed E-state index contributed by atoms with van der Waals surface area (Å²) in [6.07, 6.45) is 1.58. The Bertz CT molecular complexity index is 897. The lowest BCUT2D eigenvalue weighted by Crippen LogP contribution is -2.07. The highest BCUT2D eigenvalue weighted by Crippen LogP contribution is 2.14. The van der Waals surface area contributed by atoms with Gasteiger partial charge < -0.3 is 15.9 Å². The Balaban J connectivity index is 1.62. The van der Waals surface area contributed by atoms with E-state index in [1.54, 1.807) is 18.3 Å². The maximum absolute atomic E-state index is 5.83. The Hall–Kier alpha value is -3.19. The van der Waals surface area contributed by atoms with E-state index in [-0.39, 0.29) is 12.6 Å². The number of hydrogen-bond donors (Lipinski definition) is 2. The highest BCUT2D eigenvalue weighted by molar-refractivity contribution is 6.30. The van der Waals surface area contributed by atoms with E-state index in [4.69, 9.17) is 22.2 Å². The first-order chi connectivity index (χ1) is 12.6. The zero-order chi connectivity index (χ0) is 18.4. The number of nitrogens with zero attached hydrogens (tertiary/aromatic N) is 4. The average Bonchev–Trinajstić information content (AvgIpc) is 2.62. The van der Waals surface area contributed by atoms with Crippen molar-refractivity contribution in [3.8, 4) is 0 Å². The van der Waals surface area contributed by atoms with E-state index in [1.165, 1.54) is 5.56 Å². The van der Waals surface area contributed by atoms with Crippen molar-refractivity contribution in [2.75, 3.05) is 11.1 Å². The first kappa shape index (κ1) is 17.6. The van der Waals surface area contributed by atoms with Crippen LogP contribution in [0.1, 0.15) is 17.0 Å². The molecule has 2 aromatic carbocycles. The van der Waals surface area contributed by atoms with E-state index in [0.29, 0.717) is 16.8 Å². The third kappa shape index (κ3) is 5.15. The molecular weight excluding hydrogens is 352 g/mol. The fourth-order valence-corrected chi connectivity index (χ4v) is 2.19. The smallest absolute Gasteiger partial charge is 0.232 e. The molecule has 0 spiro atoms. The number of nitrogen functional groups attached to an aromatic ring is 1. The second kappa shape index (κ2) is 8.26. The second-order valence-corrected chi connectivity index (χ2v) is 5.92. The van der Waals surface area contributed by atoms with Crippen molar-refractivity contribution in [1.29, 1.82) is 0 Å². The summed E-state index contributed by atoms with van der Waals surface area (Å²) in [5.41, 5.74) is 8.63. The summed E-state index contributed by atoms with van der Waals surface area (Å²) >= 11 is 5.83. The summed E-state index contributed by atoms with van der Waals surface area (Å²) in [7, 11) is 0. The Morgan fingerprint density at radius 3 is 2.54 bits per heavy atom. The Kier molecular flexibility index (Phi) is 5.60. The van der Waals surface area contributed by atoms with Gasteiger partial charge in [0.05, 0.1) is 6.21 Å². The Morgan fingerprint density at radius 1 is 1.08 bits per heavy atom. The lowest BCUT2D eigenvalue weighted by molar-refractivity contribution is 0.126. The largest absolute Gasteiger partial charge is 0.388 e. The molecule has 7 nitrogen and oxygen atoms in total. The summed E-state index contributed by atoms with van der Waals surface area (Å²) < 4.78 is 0. The van der Waals surface area contributed by atoms with Crippen LogP contribution in [0.3, 0.4) is 0 Å². The van der Waals surface area contributed by atoms with Crippen molar-refractivity contribution in [2.45, 2.75) is 13.5 Å². The number of hydrogen-bond acceptors (Lipinski definition) is 7. The first-order valence-electron chi connectivity index (χ1n) is 7.83. The summed E-state index contributed by atoms with van der Waals surface area (Å²) in [5.74, 6) is 0.830. The molecule has 0 unspecified atom stereocenters. The molecule has 1 heterocycles. The zero-order valence-electron chi connectivity index (χ0n) is 14.1. The highest BCUT2D eigenvalue weighted by atomic mass is 35.5. The van der Waals surface area contributed by atoms with E-state index >= 15 is 0 Å². The number of rotatable bonds is 6. The van der Waals surface area contributed by atoms with Crippen molar-refractivity contribution in [2.24, 2.45) is 5.16 Å². The second-order valence-electron chi connectivity index (χ2n) is 5.48. The molecule has 0 bridgehead atoms. The molecule has 0 saturated carbocycles. The van der Waals surface area contributed by atoms with E-state index in [1.807, 2.05) is 43.3 Å². The van der Waals surface area contributed by atoms with Crippen LogP contribution < -0.4 is 11.1 Å². The molecule has 8 heteroatoms. The normalized spacial score (nSPS) is 10.8. The maximum atomic E-state index is 5.83. The molecule has 0 aliphatic rings. The SMILES string of the molecule is Cc1ccc(Nc2nc(N)nc(CO/N=C\c3ccc(Cl)cc3)n2)cc1. The minimum Gasteiger partial charge on any atom is -0.388 e. The molecule has 3 N–H and O–H groups in total. The molecule has 3 aromatic rings. The maximum Gasteiger partial charge on any atom is 0.232 e. The van der Waals surface area contributed by atoms with E-state index < -0.39 is 0 Å². The summed E-state index contributed by atoms with van der Waals surface area (Å²) in [6.45, 7) is 2.09. The number of anilines is 3. The molecule has 0 radical (unpaired) electrons. The van der Waals surface area contributed by atoms with Crippen molar-refractivity contribution in [3.63, 3.8) is 0 Å². The standard InChI is InChI=1S/C18H17ClN6O/c1-12-2-8-15(9-3-12)22-18-24-16(23-17(20)25-18)11-26-21-10-13-4-6-14(19)7-5-13/h2-10H,11H2,1H3,(H3,20,22,23,24,25)/b21-10-. The van der Waals surface area contributed by atoms with Gasteiger partial charge in [-0.05, 0) is 36.8 Å². The van der Waals surface area contributed by atoms with Crippen LogP contribution in [0.2, 0.25) is 5.02 Å². The molecule has 0 saturated heterocycles. The van der Waals surface area contributed by atoms with Gasteiger partial charge in [0.15, 0.2) is 12.4 Å². The average molecular weight is 369 g/mol. The third-order valence-corrected chi connectivity index (χ3v) is 3.60. The van der Waals surface area contributed by atoms with E-state index in [0.717, 1.165) is 11.3 Å². The number of benzene rings is 2. The lowest BCUT2D eigenvalue weighted by Gasteiger charge is -2.07. The first-order valence-corrected chi connectivity index (χ1v) is 8.21. The number of nitrogens with two attached hydrogens (primary N) is 1. The van der Waals surface area contributed by atoms with Gasteiger partial charge in [-0.15, -0.1) is 0 Å². The van der Waals surface area contributed by atoms with Crippen molar-refractivity contribution in [1.82, 2.24) is 15.0 Å². The van der Waals surface area contributed by atoms with Gasteiger partial charge in [0.25, 0.3) is 0 Å². The molecule has 0 amide bonds. The van der Waals surface area contributed by atoms with Crippen LogP contribution in [0, 0.1) is 6.92 Å². The molecule has 26 heavy (non-hydrogen) atoms. The van der Waals surface area contributed by atoms with Gasteiger partial charge >= 0.3 is 0 Å². The van der Waals surface area contributed by atoms with Crippen molar-refractivity contribution < 1.29 is 4.84 Å². The number of halogens is 1. The van der Waals surface area contributed by atoms with Crippen LogP contribution in [0.15, 0.2) is 53.7 Å². The van der Waals surface area contributed by atoms with Crippen LogP contribution in [0.5, 0.6) is 0 Å². The van der Waals surface area contributed by atoms with Crippen LogP contribution >= 0.6 is 11.6 Å². The minimum atomic E-state index is 0.0688. The molecule has 3 rings (SSSR count). The van der Waals surface area contributed by atoms with Crippen LogP contribution in [-0.2, 0) is 11.4 Å². The molecule has 0 aliphatic heterocycles. The number of oxime groups is 1. The van der Waals surface area contributed by atoms with Crippen molar-refractivity contribution >= 4 is 35.4 Å². The summed E-state index contributed by atoms with van der Waals surface area (Å²) in [4.78, 5) is 17.6.